The molecule has 1 aliphatic carbocycles. The Bertz CT molecular complexity index is 879. The lowest BCUT2D eigenvalue weighted by Crippen LogP contribution is -2.45. The van der Waals surface area contributed by atoms with Gasteiger partial charge in [-0.3, -0.25) is 15.1 Å². The van der Waals surface area contributed by atoms with Crippen molar-refractivity contribution in [1.82, 2.24) is 25.7 Å². The maximum atomic E-state index is 12.0. The van der Waals surface area contributed by atoms with Crippen LogP contribution in [0.5, 0.6) is 0 Å². The molecule has 2 aromatic rings. The summed E-state index contributed by atoms with van der Waals surface area (Å²) in [7, 11) is 0. The van der Waals surface area contributed by atoms with Crippen LogP contribution in [0.25, 0.3) is 0 Å². The summed E-state index contributed by atoms with van der Waals surface area (Å²) in [6.45, 7) is 2.72. The molecule has 3 fully saturated rings. The van der Waals surface area contributed by atoms with Gasteiger partial charge in [-0.05, 0) is 37.0 Å². The number of rotatable bonds is 4. The normalized spacial score (nSPS) is 28.3. The van der Waals surface area contributed by atoms with Crippen LogP contribution in [0.2, 0.25) is 5.02 Å². The van der Waals surface area contributed by atoms with Crippen LogP contribution in [-0.2, 0) is 6.54 Å². The van der Waals surface area contributed by atoms with Crippen molar-refractivity contribution in [3.8, 4) is 0 Å². The van der Waals surface area contributed by atoms with E-state index in [1.807, 2.05) is 12.1 Å². The number of nitrogens with one attached hydrogen (secondary N) is 3. The highest BCUT2D eigenvalue weighted by Gasteiger charge is 2.40. The molecule has 0 spiro atoms. The zero-order valence-corrected chi connectivity index (χ0v) is 15.9. The fraction of sp³-hybridized carbons (Fsp3) is 0.500. The highest BCUT2D eigenvalue weighted by atomic mass is 35.5. The number of aromatic amines is 1. The van der Waals surface area contributed by atoms with E-state index < -0.39 is 0 Å². The molecule has 2 aliphatic heterocycles. The lowest BCUT2D eigenvalue weighted by molar-refractivity contribution is 0.146. The van der Waals surface area contributed by atoms with Crippen molar-refractivity contribution in [2.24, 2.45) is 5.92 Å². The van der Waals surface area contributed by atoms with E-state index in [4.69, 9.17) is 16.6 Å². The number of benzene rings is 1. The van der Waals surface area contributed by atoms with Gasteiger partial charge in [0.05, 0.1) is 11.7 Å². The van der Waals surface area contributed by atoms with Crippen molar-refractivity contribution >= 4 is 11.6 Å². The van der Waals surface area contributed by atoms with E-state index in [0.29, 0.717) is 17.9 Å². The Balaban J connectivity index is 1.31. The Morgan fingerprint density at radius 1 is 1.15 bits per heavy atom. The minimum atomic E-state index is -0.0278. The molecule has 7 heteroatoms. The molecule has 3 N–H and O–H groups in total. The number of nitrogens with zero attached hydrogens (tertiary/aromatic N) is 2. The summed E-state index contributed by atoms with van der Waals surface area (Å²) in [5.41, 5.74) is 9.06. The highest BCUT2D eigenvalue weighted by molar-refractivity contribution is 6.30. The van der Waals surface area contributed by atoms with Crippen LogP contribution in [0, 0.1) is 5.92 Å². The van der Waals surface area contributed by atoms with Gasteiger partial charge in [0, 0.05) is 48.6 Å². The summed E-state index contributed by atoms with van der Waals surface area (Å²) in [5.74, 6) is 1.81. The highest BCUT2D eigenvalue weighted by Crippen LogP contribution is 2.38. The zero-order valence-electron chi connectivity index (χ0n) is 15.1. The van der Waals surface area contributed by atoms with Gasteiger partial charge in [0.25, 0.3) is 5.56 Å². The van der Waals surface area contributed by atoms with E-state index in [0.717, 1.165) is 55.4 Å². The monoisotopic (exact) mass is 385 g/mol. The van der Waals surface area contributed by atoms with E-state index in [2.05, 4.69) is 32.9 Å². The molecule has 3 heterocycles. The maximum Gasteiger partial charge on any atom is 0.251 e. The smallest absolute Gasteiger partial charge is 0.251 e. The molecule has 2 saturated heterocycles. The number of hydrazine groups is 1. The van der Waals surface area contributed by atoms with Crippen LogP contribution in [0.4, 0.5) is 0 Å². The maximum absolute atomic E-state index is 12.0. The van der Waals surface area contributed by atoms with Crippen molar-refractivity contribution in [3.63, 3.8) is 0 Å². The van der Waals surface area contributed by atoms with Crippen molar-refractivity contribution in [3.05, 3.63) is 62.8 Å². The van der Waals surface area contributed by atoms with E-state index in [-0.39, 0.29) is 11.6 Å². The Morgan fingerprint density at radius 3 is 2.74 bits per heavy atom. The predicted octanol–water partition coefficient (Wildman–Crippen LogP) is 2.34. The molecular formula is C20H24ClN5O. The molecule has 0 radical (unpaired) electrons. The van der Waals surface area contributed by atoms with Gasteiger partial charge >= 0.3 is 0 Å². The molecule has 3 aliphatic rings. The third-order valence-electron chi connectivity index (χ3n) is 5.99. The molecule has 142 valence electrons. The molecule has 0 bridgehead atoms. The first kappa shape index (κ1) is 17.4. The first-order valence-corrected chi connectivity index (χ1v) is 10.1. The Kier molecular flexibility index (Phi) is 4.52. The van der Waals surface area contributed by atoms with Gasteiger partial charge in [-0.1, -0.05) is 23.7 Å². The van der Waals surface area contributed by atoms with Gasteiger partial charge in [0.1, 0.15) is 5.82 Å². The molecule has 1 aromatic carbocycles. The lowest BCUT2D eigenvalue weighted by Gasteiger charge is -2.36. The van der Waals surface area contributed by atoms with Crippen molar-refractivity contribution < 1.29 is 0 Å². The number of hydrogen-bond acceptors (Lipinski definition) is 5. The van der Waals surface area contributed by atoms with Crippen molar-refractivity contribution in [2.75, 3.05) is 13.1 Å². The van der Waals surface area contributed by atoms with Gasteiger partial charge in [-0.2, -0.15) is 0 Å². The van der Waals surface area contributed by atoms with Gasteiger partial charge in [0.15, 0.2) is 0 Å². The Labute approximate surface area is 163 Å². The summed E-state index contributed by atoms with van der Waals surface area (Å²) in [4.78, 5) is 22.0. The second-order valence-corrected chi connectivity index (χ2v) is 8.44. The first-order valence-electron chi connectivity index (χ1n) is 9.75. The van der Waals surface area contributed by atoms with E-state index in [1.165, 1.54) is 5.56 Å². The topological polar surface area (TPSA) is 73.1 Å². The Morgan fingerprint density at radius 2 is 1.96 bits per heavy atom. The van der Waals surface area contributed by atoms with Gasteiger partial charge in [-0.25, -0.2) is 10.4 Å². The average molecular weight is 386 g/mol. The minimum Gasteiger partial charge on any atom is -0.310 e. The molecule has 3 atom stereocenters. The summed E-state index contributed by atoms with van der Waals surface area (Å²) in [6.07, 6.45) is 3.36. The summed E-state index contributed by atoms with van der Waals surface area (Å²) >= 11 is 6.04. The minimum absolute atomic E-state index is 0.0278. The van der Waals surface area contributed by atoms with Gasteiger partial charge < -0.3 is 4.98 Å². The van der Waals surface area contributed by atoms with Crippen LogP contribution in [0.3, 0.4) is 0 Å². The fourth-order valence-electron chi connectivity index (χ4n) is 4.41. The lowest BCUT2D eigenvalue weighted by atomic mass is 9.85. The summed E-state index contributed by atoms with van der Waals surface area (Å²) in [5, 5.41) is 0.762. The Hall–Kier alpha value is -1.73. The van der Waals surface area contributed by atoms with E-state index in [1.54, 1.807) is 6.07 Å². The van der Waals surface area contributed by atoms with Crippen molar-refractivity contribution in [1.29, 1.82) is 0 Å². The number of aromatic nitrogens is 2. The summed E-state index contributed by atoms with van der Waals surface area (Å²) in [6, 6.07) is 10.5. The molecule has 1 aromatic heterocycles. The summed E-state index contributed by atoms with van der Waals surface area (Å²) < 4.78 is 0. The molecule has 6 nitrogen and oxygen atoms in total. The zero-order chi connectivity index (χ0) is 18.4. The van der Waals surface area contributed by atoms with E-state index in [9.17, 15) is 4.79 Å². The predicted molar refractivity (Wildman–Crippen MR) is 104 cm³/mol. The van der Waals surface area contributed by atoms with Gasteiger partial charge in [0.2, 0.25) is 0 Å². The average Bonchev–Trinajstić information content (AvgIpc) is 3.43. The number of H-pyrrole nitrogens is 1. The fourth-order valence-corrected chi connectivity index (χ4v) is 4.53. The number of likely N-dealkylation sites (tertiary alicyclic amines) is 1. The molecule has 1 saturated carbocycles. The van der Waals surface area contributed by atoms with E-state index >= 15 is 0 Å². The number of piperidine rings is 1. The second kappa shape index (κ2) is 7.02. The number of halogens is 1. The third kappa shape index (κ3) is 3.67. The standard InChI is InChI=1S/C20H24ClN5O/c21-14-5-3-12(4-6-14)19-16-11-26(8-7-17(16)24-25-19)10-15-9-18(27)23-20(22-15)13-1-2-13/h3-6,9,13,16-17,19,24-25H,1-2,7-8,10-11H2,(H,22,23,27). The molecule has 0 amide bonds. The van der Waals surface area contributed by atoms with Crippen LogP contribution in [0.1, 0.15) is 48.3 Å². The number of fused-ring (bicyclic) bond motifs is 1. The quantitative estimate of drug-likeness (QED) is 0.753. The molecule has 5 rings (SSSR count). The van der Waals surface area contributed by atoms with Crippen LogP contribution >= 0.6 is 11.6 Å². The second-order valence-electron chi connectivity index (χ2n) is 8.01. The molecule has 3 unspecified atom stereocenters. The first-order chi connectivity index (χ1) is 13.2. The van der Waals surface area contributed by atoms with Gasteiger partial charge in [-0.15, -0.1) is 0 Å². The largest absolute Gasteiger partial charge is 0.310 e. The number of hydrogen-bond donors (Lipinski definition) is 3. The van der Waals surface area contributed by atoms with Crippen LogP contribution in [-0.4, -0.2) is 34.0 Å². The van der Waals surface area contributed by atoms with Crippen molar-refractivity contribution in [2.45, 2.75) is 43.8 Å². The van der Waals surface area contributed by atoms with Crippen LogP contribution < -0.4 is 16.4 Å². The third-order valence-corrected chi connectivity index (χ3v) is 6.24. The molecular weight excluding hydrogens is 362 g/mol. The van der Waals surface area contributed by atoms with Crippen LogP contribution in [0.15, 0.2) is 35.1 Å². The SMILES string of the molecule is O=c1cc(CN2CCC3NNC(c4ccc(Cl)cc4)C3C2)nc(C2CC2)[nH]1. The molecule has 27 heavy (non-hydrogen) atoms.